The third-order valence-corrected chi connectivity index (χ3v) is 4.31. The first kappa shape index (κ1) is 16.5. The molecule has 0 radical (unpaired) electrons. The molecule has 2 atom stereocenters. The van der Waals surface area contributed by atoms with Gasteiger partial charge in [-0.15, -0.1) is 0 Å². The molecule has 0 bridgehead atoms. The predicted octanol–water partition coefficient (Wildman–Crippen LogP) is 3.40. The fraction of sp³-hybridized carbons (Fsp3) is 0.938. The van der Waals surface area contributed by atoms with E-state index in [2.05, 4.69) is 19.2 Å². The van der Waals surface area contributed by atoms with Gasteiger partial charge in [0.05, 0.1) is 12.1 Å². The molecule has 2 N–H and O–H groups in total. The van der Waals surface area contributed by atoms with Gasteiger partial charge >= 0.3 is 0 Å². The zero-order chi connectivity index (χ0) is 14.1. The van der Waals surface area contributed by atoms with Crippen LogP contribution in [0.4, 0.5) is 0 Å². The van der Waals surface area contributed by atoms with Gasteiger partial charge in [-0.1, -0.05) is 52.4 Å². The minimum absolute atomic E-state index is 0.0823. The maximum Gasteiger partial charge on any atom is 0.220 e. The summed E-state index contributed by atoms with van der Waals surface area (Å²) in [7, 11) is 0. The van der Waals surface area contributed by atoms with Crippen LogP contribution in [-0.2, 0) is 4.79 Å². The molecule has 0 aromatic rings. The number of unbranched alkanes of at least 4 members (excludes halogenated alkanes) is 4. The van der Waals surface area contributed by atoms with Crippen LogP contribution in [0.2, 0.25) is 0 Å². The first-order valence-electron chi connectivity index (χ1n) is 8.04. The molecule has 0 aromatic heterocycles. The second kappa shape index (κ2) is 8.57. The lowest BCUT2D eigenvalue weighted by molar-refractivity contribution is -0.124. The largest absolute Gasteiger partial charge is 0.394 e. The fourth-order valence-corrected chi connectivity index (χ4v) is 3.20. The molecule has 0 saturated heterocycles. The quantitative estimate of drug-likeness (QED) is 0.663. The summed E-state index contributed by atoms with van der Waals surface area (Å²) in [5.74, 6) is 0.727. The summed E-state index contributed by atoms with van der Waals surface area (Å²) in [4.78, 5) is 12.0. The van der Waals surface area contributed by atoms with Gasteiger partial charge in [-0.25, -0.2) is 0 Å². The molecule has 3 nitrogen and oxygen atoms in total. The molecule has 1 aliphatic carbocycles. The average molecular weight is 269 g/mol. The van der Waals surface area contributed by atoms with Crippen molar-refractivity contribution in [3.63, 3.8) is 0 Å². The highest BCUT2D eigenvalue weighted by Gasteiger charge is 2.35. The molecule has 0 aliphatic heterocycles. The van der Waals surface area contributed by atoms with E-state index in [9.17, 15) is 9.90 Å². The van der Waals surface area contributed by atoms with Gasteiger partial charge < -0.3 is 10.4 Å². The lowest BCUT2D eigenvalue weighted by Crippen LogP contribution is -2.53. The van der Waals surface area contributed by atoms with Crippen molar-refractivity contribution < 1.29 is 9.90 Å². The van der Waals surface area contributed by atoms with Crippen LogP contribution < -0.4 is 5.32 Å². The van der Waals surface area contributed by atoms with Crippen LogP contribution in [-0.4, -0.2) is 23.2 Å². The van der Waals surface area contributed by atoms with Crippen LogP contribution in [0.1, 0.15) is 78.1 Å². The van der Waals surface area contributed by atoms with Gasteiger partial charge in [0.15, 0.2) is 0 Å². The van der Waals surface area contributed by atoms with Crippen molar-refractivity contribution in [3.05, 3.63) is 0 Å². The molecule has 3 heteroatoms. The Morgan fingerprint density at radius 2 is 2.05 bits per heavy atom. The Balaban J connectivity index is 2.28. The smallest absolute Gasteiger partial charge is 0.220 e. The molecule has 1 amide bonds. The lowest BCUT2D eigenvalue weighted by atomic mass is 9.76. The normalized spacial score (nSPS) is 27.2. The molecular formula is C16H31NO2. The monoisotopic (exact) mass is 269 g/mol. The van der Waals surface area contributed by atoms with E-state index in [0.717, 1.165) is 32.1 Å². The average Bonchev–Trinajstić information content (AvgIpc) is 2.38. The zero-order valence-corrected chi connectivity index (χ0v) is 12.7. The van der Waals surface area contributed by atoms with Crippen molar-refractivity contribution in [2.24, 2.45) is 5.92 Å². The van der Waals surface area contributed by atoms with E-state index >= 15 is 0 Å². The Hall–Kier alpha value is -0.570. The summed E-state index contributed by atoms with van der Waals surface area (Å²) >= 11 is 0. The third-order valence-electron chi connectivity index (χ3n) is 4.31. The standard InChI is InChI=1S/C16H31NO2/c1-3-4-5-6-7-10-15(19)17-16(13-18)11-8-9-14(2)12-16/h14,18H,3-13H2,1-2H3,(H,17,19). The molecule has 0 spiro atoms. The molecule has 1 rings (SSSR count). The molecule has 0 aromatic carbocycles. The summed E-state index contributed by atoms with van der Waals surface area (Å²) in [5.41, 5.74) is -0.335. The summed E-state index contributed by atoms with van der Waals surface area (Å²) in [6.07, 6.45) is 10.6. The molecule has 19 heavy (non-hydrogen) atoms. The second-order valence-corrected chi connectivity index (χ2v) is 6.35. The maximum absolute atomic E-state index is 12.0. The highest BCUT2D eigenvalue weighted by atomic mass is 16.3. The molecular weight excluding hydrogens is 238 g/mol. The van der Waals surface area contributed by atoms with E-state index in [1.165, 1.54) is 25.7 Å². The van der Waals surface area contributed by atoms with Gasteiger partial charge in [-0.3, -0.25) is 4.79 Å². The molecule has 1 saturated carbocycles. The first-order chi connectivity index (χ1) is 9.12. The molecule has 2 unspecified atom stereocenters. The zero-order valence-electron chi connectivity index (χ0n) is 12.7. The Labute approximate surface area is 118 Å². The van der Waals surface area contributed by atoms with Crippen LogP contribution in [0.15, 0.2) is 0 Å². The number of aliphatic hydroxyl groups is 1. The minimum atomic E-state index is -0.335. The van der Waals surface area contributed by atoms with E-state index in [4.69, 9.17) is 0 Å². The van der Waals surface area contributed by atoms with Crippen molar-refractivity contribution in [3.8, 4) is 0 Å². The van der Waals surface area contributed by atoms with Gasteiger partial charge in [0, 0.05) is 6.42 Å². The molecule has 112 valence electrons. The Kier molecular flexibility index (Phi) is 7.44. The van der Waals surface area contributed by atoms with Crippen molar-refractivity contribution >= 4 is 5.91 Å². The SMILES string of the molecule is CCCCCCCC(=O)NC1(CO)CCCC(C)C1. The van der Waals surface area contributed by atoms with E-state index in [1.54, 1.807) is 0 Å². The number of rotatable bonds is 8. The summed E-state index contributed by atoms with van der Waals surface area (Å²) in [6.45, 7) is 4.49. The van der Waals surface area contributed by atoms with Crippen molar-refractivity contribution in [1.82, 2.24) is 5.32 Å². The van der Waals surface area contributed by atoms with Gasteiger partial charge in [-0.2, -0.15) is 0 Å². The maximum atomic E-state index is 12.0. The predicted molar refractivity (Wildman–Crippen MR) is 79.0 cm³/mol. The van der Waals surface area contributed by atoms with Gasteiger partial charge in [0.1, 0.15) is 0 Å². The molecule has 1 fully saturated rings. The minimum Gasteiger partial charge on any atom is -0.394 e. The number of carbonyl (C=O) groups excluding carboxylic acids is 1. The van der Waals surface area contributed by atoms with Gasteiger partial charge in [0.25, 0.3) is 0 Å². The van der Waals surface area contributed by atoms with Gasteiger partial charge in [0.2, 0.25) is 5.91 Å². The summed E-state index contributed by atoms with van der Waals surface area (Å²) < 4.78 is 0. The topological polar surface area (TPSA) is 49.3 Å². The highest BCUT2D eigenvalue weighted by Crippen LogP contribution is 2.32. The molecule has 1 aliphatic rings. The Bertz CT molecular complexity index is 267. The molecule has 0 heterocycles. The van der Waals surface area contributed by atoms with Crippen molar-refractivity contribution in [1.29, 1.82) is 0 Å². The summed E-state index contributed by atoms with van der Waals surface area (Å²) in [5, 5.41) is 12.7. The second-order valence-electron chi connectivity index (χ2n) is 6.35. The van der Waals surface area contributed by atoms with Crippen LogP contribution in [0, 0.1) is 5.92 Å². The van der Waals surface area contributed by atoms with Crippen molar-refractivity contribution in [2.75, 3.05) is 6.61 Å². The van der Waals surface area contributed by atoms with E-state index in [1.807, 2.05) is 0 Å². The van der Waals surface area contributed by atoms with Crippen LogP contribution in [0.5, 0.6) is 0 Å². The fourth-order valence-electron chi connectivity index (χ4n) is 3.20. The van der Waals surface area contributed by atoms with Crippen LogP contribution in [0.25, 0.3) is 0 Å². The Morgan fingerprint density at radius 3 is 2.68 bits per heavy atom. The number of aliphatic hydroxyl groups excluding tert-OH is 1. The number of hydrogen-bond acceptors (Lipinski definition) is 2. The van der Waals surface area contributed by atoms with E-state index in [-0.39, 0.29) is 18.1 Å². The highest BCUT2D eigenvalue weighted by molar-refractivity contribution is 5.76. The number of amides is 1. The van der Waals surface area contributed by atoms with Crippen LogP contribution in [0.3, 0.4) is 0 Å². The van der Waals surface area contributed by atoms with E-state index in [0.29, 0.717) is 12.3 Å². The van der Waals surface area contributed by atoms with Gasteiger partial charge in [-0.05, 0) is 25.2 Å². The summed E-state index contributed by atoms with van der Waals surface area (Å²) in [6, 6.07) is 0. The Morgan fingerprint density at radius 1 is 1.32 bits per heavy atom. The number of carbonyl (C=O) groups is 1. The van der Waals surface area contributed by atoms with Crippen molar-refractivity contribution in [2.45, 2.75) is 83.6 Å². The lowest BCUT2D eigenvalue weighted by Gasteiger charge is -2.39. The number of hydrogen-bond donors (Lipinski definition) is 2. The van der Waals surface area contributed by atoms with E-state index < -0.39 is 0 Å². The first-order valence-corrected chi connectivity index (χ1v) is 8.04. The third kappa shape index (κ3) is 5.94. The van der Waals surface area contributed by atoms with Crippen LogP contribution >= 0.6 is 0 Å². The number of nitrogens with one attached hydrogen (secondary N) is 1.